The Hall–Kier alpha value is -0.280. The van der Waals surface area contributed by atoms with E-state index in [9.17, 15) is 0 Å². The maximum atomic E-state index is 5.79. The van der Waals surface area contributed by atoms with Crippen LogP contribution in [0.4, 0.5) is 0 Å². The molecular formula is C7H11BrN2. The van der Waals surface area contributed by atoms with Crippen molar-refractivity contribution in [2.45, 2.75) is 19.4 Å². The molecule has 1 aromatic heterocycles. The van der Waals surface area contributed by atoms with Crippen molar-refractivity contribution >= 4 is 15.9 Å². The second-order valence-electron chi connectivity index (χ2n) is 2.26. The molecule has 0 aromatic carbocycles. The average molecular weight is 203 g/mol. The van der Waals surface area contributed by atoms with Gasteiger partial charge < -0.3 is 10.7 Å². The predicted molar refractivity (Wildman–Crippen MR) is 45.7 cm³/mol. The lowest BCUT2D eigenvalue weighted by Crippen LogP contribution is -2.07. The molecule has 0 spiro atoms. The van der Waals surface area contributed by atoms with Gasteiger partial charge in [0.25, 0.3) is 0 Å². The van der Waals surface area contributed by atoms with Crippen LogP contribution in [0.15, 0.2) is 16.9 Å². The number of hydrogen-bond donors (Lipinski definition) is 2. The number of H-pyrrole nitrogens is 1. The average Bonchev–Trinajstić information content (AvgIpc) is 2.34. The molecule has 0 saturated heterocycles. The maximum absolute atomic E-state index is 5.79. The lowest BCUT2D eigenvalue weighted by atomic mass is 10.1. The van der Waals surface area contributed by atoms with Crippen molar-refractivity contribution in [3.8, 4) is 0 Å². The van der Waals surface area contributed by atoms with Gasteiger partial charge in [0.2, 0.25) is 0 Å². The molecule has 0 amide bonds. The SMILES string of the molecule is CC[C@H](N)c1cc[nH]c1Br. The Morgan fingerprint density at radius 2 is 2.50 bits per heavy atom. The fourth-order valence-corrected chi connectivity index (χ4v) is 1.43. The third-order valence-corrected chi connectivity index (χ3v) is 2.25. The molecular weight excluding hydrogens is 192 g/mol. The van der Waals surface area contributed by atoms with Crippen LogP contribution in [0.3, 0.4) is 0 Å². The summed E-state index contributed by atoms with van der Waals surface area (Å²) in [5.74, 6) is 0. The minimum Gasteiger partial charge on any atom is -0.356 e. The van der Waals surface area contributed by atoms with Gasteiger partial charge in [-0.05, 0) is 28.4 Å². The molecule has 3 N–H and O–H groups in total. The van der Waals surface area contributed by atoms with E-state index in [4.69, 9.17) is 5.73 Å². The highest BCUT2D eigenvalue weighted by molar-refractivity contribution is 9.10. The van der Waals surface area contributed by atoms with Gasteiger partial charge in [-0.2, -0.15) is 0 Å². The van der Waals surface area contributed by atoms with E-state index in [2.05, 4.69) is 27.8 Å². The lowest BCUT2D eigenvalue weighted by Gasteiger charge is -2.05. The first kappa shape index (κ1) is 7.82. The highest BCUT2D eigenvalue weighted by atomic mass is 79.9. The van der Waals surface area contributed by atoms with Gasteiger partial charge in [-0.15, -0.1) is 0 Å². The van der Waals surface area contributed by atoms with Gasteiger partial charge in [0.15, 0.2) is 0 Å². The number of rotatable bonds is 2. The Morgan fingerprint density at radius 1 is 1.80 bits per heavy atom. The zero-order valence-corrected chi connectivity index (χ0v) is 7.48. The van der Waals surface area contributed by atoms with E-state index in [1.165, 1.54) is 0 Å². The summed E-state index contributed by atoms with van der Waals surface area (Å²) >= 11 is 3.37. The highest BCUT2D eigenvalue weighted by Crippen LogP contribution is 2.21. The number of nitrogens with one attached hydrogen (secondary N) is 1. The Kier molecular flexibility index (Phi) is 2.51. The van der Waals surface area contributed by atoms with Crippen molar-refractivity contribution in [2.75, 3.05) is 0 Å². The van der Waals surface area contributed by atoms with E-state index in [0.29, 0.717) is 0 Å². The van der Waals surface area contributed by atoms with Crippen molar-refractivity contribution < 1.29 is 0 Å². The monoisotopic (exact) mass is 202 g/mol. The van der Waals surface area contributed by atoms with E-state index in [1.54, 1.807) is 0 Å². The summed E-state index contributed by atoms with van der Waals surface area (Å²) in [6, 6.07) is 2.15. The maximum Gasteiger partial charge on any atom is 0.0868 e. The van der Waals surface area contributed by atoms with Crippen molar-refractivity contribution in [2.24, 2.45) is 5.73 Å². The van der Waals surface area contributed by atoms with Crippen molar-refractivity contribution in [3.05, 3.63) is 22.4 Å². The summed E-state index contributed by atoms with van der Waals surface area (Å²) in [6.07, 6.45) is 2.85. The van der Waals surface area contributed by atoms with Gasteiger partial charge in [-0.3, -0.25) is 0 Å². The quantitative estimate of drug-likeness (QED) is 0.759. The van der Waals surface area contributed by atoms with Crippen LogP contribution < -0.4 is 5.73 Å². The van der Waals surface area contributed by atoms with E-state index < -0.39 is 0 Å². The first-order chi connectivity index (χ1) is 4.75. The molecule has 0 aliphatic rings. The minimum atomic E-state index is 0.153. The van der Waals surface area contributed by atoms with Gasteiger partial charge >= 0.3 is 0 Å². The molecule has 10 heavy (non-hydrogen) atoms. The Morgan fingerprint density at radius 3 is 2.90 bits per heavy atom. The van der Waals surface area contributed by atoms with E-state index in [1.807, 2.05) is 12.3 Å². The van der Waals surface area contributed by atoms with Gasteiger partial charge in [-0.1, -0.05) is 6.92 Å². The Balaban J connectivity index is 2.82. The Labute approximate surface area is 68.9 Å². The van der Waals surface area contributed by atoms with Crippen LogP contribution >= 0.6 is 15.9 Å². The smallest absolute Gasteiger partial charge is 0.0868 e. The molecule has 0 aliphatic carbocycles. The van der Waals surface area contributed by atoms with Crippen molar-refractivity contribution in [1.29, 1.82) is 0 Å². The van der Waals surface area contributed by atoms with Crippen LogP contribution in [-0.4, -0.2) is 4.98 Å². The molecule has 3 heteroatoms. The second kappa shape index (κ2) is 3.21. The van der Waals surface area contributed by atoms with Crippen LogP contribution in [0.1, 0.15) is 24.9 Å². The van der Waals surface area contributed by atoms with Gasteiger partial charge in [0.1, 0.15) is 0 Å². The molecule has 1 heterocycles. The summed E-state index contributed by atoms with van der Waals surface area (Å²) in [7, 11) is 0. The fourth-order valence-electron chi connectivity index (χ4n) is 0.867. The Bertz CT molecular complexity index is 207. The molecule has 56 valence electrons. The molecule has 0 saturated carbocycles. The van der Waals surface area contributed by atoms with E-state index >= 15 is 0 Å². The fraction of sp³-hybridized carbons (Fsp3) is 0.429. The van der Waals surface area contributed by atoms with Crippen molar-refractivity contribution in [3.63, 3.8) is 0 Å². The molecule has 0 unspecified atom stereocenters. The first-order valence-electron chi connectivity index (χ1n) is 3.34. The number of halogens is 1. The summed E-state index contributed by atoms with van der Waals surface area (Å²) in [5, 5.41) is 0. The number of nitrogens with two attached hydrogens (primary N) is 1. The van der Waals surface area contributed by atoms with Crippen LogP contribution in [0.2, 0.25) is 0 Å². The molecule has 2 nitrogen and oxygen atoms in total. The normalized spacial score (nSPS) is 13.5. The number of aromatic amines is 1. The summed E-state index contributed by atoms with van der Waals surface area (Å²) < 4.78 is 1.00. The van der Waals surface area contributed by atoms with Gasteiger partial charge in [-0.25, -0.2) is 0 Å². The minimum absolute atomic E-state index is 0.153. The molecule has 0 aliphatic heterocycles. The predicted octanol–water partition coefficient (Wildman–Crippen LogP) is 2.19. The molecule has 0 radical (unpaired) electrons. The van der Waals surface area contributed by atoms with Crippen molar-refractivity contribution in [1.82, 2.24) is 4.98 Å². The standard InChI is InChI=1S/C7H11BrN2/c1-2-6(9)5-3-4-10-7(5)8/h3-4,6,10H,2,9H2,1H3/t6-/m0/s1. The molecule has 1 rings (SSSR count). The van der Waals surface area contributed by atoms with Crippen LogP contribution in [0, 0.1) is 0 Å². The lowest BCUT2D eigenvalue weighted by molar-refractivity contribution is 0.696. The van der Waals surface area contributed by atoms with Gasteiger partial charge in [0.05, 0.1) is 4.60 Å². The third kappa shape index (κ3) is 1.41. The molecule has 0 bridgehead atoms. The number of hydrogen-bond acceptors (Lipinski definition) is 1. The van der Waals surface area contributed by atoms with Crippen LogP contribution in [0.5, 0.6) is 0 Å². The zero-order chi connectivity index (χ0) is 7.56. The van der Waals surface area contributed by atoms with E-state index in [0.717, 1.165) is 16.6 Å². The number of aromatic nitrogens is 1. The highest BCUT2D eigenvalue weighted by Gasteiger charge is 2.06. The second-order valence-corrected chi connectivity index (χ2v) is 3.05. The molecule has 0 fully saturated rings. The summed E-state index contributed by atoms with van der Waals surface area (Å²) in [6.45, 7) is 2.07. The van der Waals surface area contributed by atoms with Crippen LogP contribution in [-0.2, 0) is 0 Å². The zero-order valence-electron chi connectivity index (χ0n) is 5.89. The van der Waals surface area contributed by atoms with Crippen LogP contribution in [0.25, 0.3) is 0 Å². The third-order valence-electron chi connectivity index (χ3n) is 1.57. The van der Waals surface area contributed by atoms with E-state index in [-0.39, 0.29) is 6.04 Å². The summed E-state index contributed by atoms with van der Waals surface area (Å²) in [5.41, 5.74) is 6.94. The summed E-state index contributed by atoms with van der Waals surface area (Å²) in [4.78, 5) is 3.02. The topological polar surface area (TPSA) is 41.8 Å². The largest absolute Gasteiger partial charge is 0.356 e. The first-order valence-corrected chi connectivity index (χ1v) is 4.13. The van der Waals surface area contributed by atoms with Gasteiger partial charge in [0, 0.05) is 17.8 Å². The molecule has 1 atom stereocenters. The molecule has 1 aromatic rings.